The van der Waals surface area contributed by atoms with E-state index in [-0.39, 0.29) is 4.90 Å². The summed E-state index contributed by atoms with van der Waals surface area (Å²) in [6.07, 6.45) is 5.65. The van der Waals surface area contributed by atoms with Crippen molar-refractivity contribution in [2.45, 2.75) is 9.79 Å². The normalized spacial score (nSPS) is 12.0. The van der Waals surface area contributed by atoms with Crippen LogP contribution in [0.2, 0.25) is 0 Å². The zero-order valence-electron chi connectivity index (χ0n) is 15.2. The molecule has 140 valence electrons. The zero-order chi connectivity index (χ0) is 19.6. The van der Waals surface area contributed by atoms with Gasteiger partial charge < -0.3 is 0 Å². The van der Waals surface area contributed by atoms with Crippen LogP contribution in [0.3, 0.4) is 0 Å². The Morgan fingerprint density at radius 3 is 2.25 bits per heavy atom. The van der Waals surface area contributed by atoms with Gasteiger partial charge in [0.2, 0.25) is 0 Å². The number of imidazole rings is 1. The van der Waals surface area contributed by atoms with Gasteiger partial charge in [0.1, 0.15) is 5.82 Å². The summed E-state index contributed by atoms with van der Waals surface area (Å²) in [5.41, 5.74) is 2.18. The molecule has 28 heavy (non-hydrogen) atoms. The molecule has 1 heterocycles. The van der Waals surface area contributed by atoms with Crippen molar-refractivity contribution >= 4 is 45.0 Å². The summed E-state index contributed by atoms with van der Waals surface area (Å²) < 4.78 is 27.9. The number of hydrogen-bond donors (Lipinski definition) is 0. The Hall–Kier alpha value is -2.83. The molecule has 0 N–H and O–H groups in total. The van der Waals surface area contributed by atoms with E-state index in [1.807, 2.05) is 54.8 Å². The number of fused-ring (bicyclic) bond motifs is 1. The Morgan fingerprint density at radius 2 is 1.54 bits per heavy atom. The Morgan fingerprint density at radius 1 is 0.857 bits per heavy atom. The standard InChI is InChI=1S/C22H18N2O2S2/c1-27-18-14-11-17(12-15-18)13-16-22-23-20-9-5-6-10-21(20)24(22)28(25,26)19-7-3-2-4-8-19/h2-16H,1H3/b16-13+. The maximum absolute atomic E-state index is 13.3. The predicted molar refractivity (Wildman–Crippen MR) is 116 cm³/mol. The van der Waals surface area contributed by atoms with Gasteiger partial charge in [0, 0.05) is 4.90 Å². The highest BCUT2D eigenvalue weighted by molar-refractivity contribution is 7.98. The van der Waals surface area contributed by atoms with Crippen LogP contribution in [0.15, 0.2) is 88.7 Å². The molecule has 4 rings (SSSR count). The van der Waals surface area contributed by atoms with E-state index in [9.17, 15) is 8.42 Å². The Labute approximate surface area is 168 Å². The van der Waals surface area contributed by atoms with E-state index >= 15 is 0 Å². The highest BCUT2D eigenvalue weighted by atomic mass is 32.2. The SMILES string of the molecule is CSc1ccc(/C=C/c2nc3ccccc3n2S(=O)(=O)c2ccccc2)cc1. The molecule has 0 atom stereocenters. The van der Waals surface area contributed by atoms with Gasteiger partial charge in [0.15, 0.2) is 0 Å². The molecule has 0 aliphatic heterocycles. The number of thioether (sulfide) groups is 1. The fourth-order valence-corrected chi connectivity index (χ4v) is 4.85. The summed E-state index contributed by atoms with van der Waals surface area (Å²) >= 11 is 1.68. The lowest BCUT2D eigenvalue weighted by atomic mass is 10.2. The third-order valence-electron chi connectivity index (χ3n) is 4.37. The summed E-state index contributed by atoms with van der Waals surface area (Å²) in [6, 6.07) is 23.7. The molecule has 3 aromatic carbocycles. The fraction of sp³-hybridized carbons (Fsp3) is 0.0455. The number of hydrogen-bond acceptors (Lipinski definition) is 4. The van der Waals surface area contributed by atoms with E-state index in [0.717, 1.165) is 5.56 Å². The van der Waals surface area contributed by atoms with Crippen LogP contribution in [-0.2, 0) is 10.0 Å². The van der Waals surface area contributed by atoms with Gasteiger partial charge in [0.05, 0.1) is 15.9 Å². The lowest BCUT2D eigenvalue weighted by Crippen LogP contribution is -2.14. The highest BCUT2D eigenvalue weighted by Gasteiger charge is 2.22. The van der Waals surface area contributed by atoms with Gasteiger partial charge in [-0.3, -0.25) is 0 Å². The van der Waals surface area contributed by atoms with Crippen LogP contribution in [0.1, 0.15) is 11.4 Å². The van der Waals surface area contributed by atoms with E-state index in [2.05, 4.69) is 4.98 Å². The predicted octanol–water partition coefficient (Wildman–Crippen LogP) is 5.17. The minimum atomic E-state index is -3.77. The van der Waals surface area contributed by atoms with Crippen LogP contribution in [-0.4, -0.2) is 23.6 Å². The first-order valence-corrected chi connectivity index (χ1v) is 11.4. The van der Waals surface area contributed by atoms with Crippen molar-refractivity contribution in [1.82, 2.24) is 8.96 Å². The molecule has 4 aromatic rings. The van der Waals surface area contributed by atoms with Gasteiger partial charge in [-0.2, -0.15) is 0 Å². The number of benzene rings is 3. The van der Waals surface area contributed by atoms with E-state index in [1.54, 1.807) is 54.2 Å². The lowest BCUT2D eigenvalue weighted by Gasteiger charge is -2.09. The number of aromatic nitrogens is 2. The molecule has 1 aromatic heterocycles. The van der Waals surface area contributed by atoms with Crippen molar-refractivity contribution in [3.8, 4) is 0 Å². The molecule has 6 heteroatoms. The summed E-state index contributed by atoms with van der Waals surface area (Å²) in [4.78, 5) is 5.96. The second kappa shape index (κ2) is 7.66. The van der Waals surface area contributed by atoms with Gasteiger partial charge >= 0.3 is 0 Å². The summed E-state index contributed by atoms with van der Waals surface area (Å²) in [5.74, 6) is 0.374. The Balaban J connectivity index is 1.85. The first-order chi connectivity index (χ1) is 13.6. The van der Waals surface area contributed by atoms with E-state index in [4.69, 9.17) is 0 Å². The molecule has 0 saturated carbocycles. The number of nitrogens with zero attached hydrogens (tertiary/aromatic N) is 2. The molecule has 0 bridgehead atoms. The monoisotopic (exact) mass is 406 g/mol. The average molecular weight is 407 g/mol. The molecule has 0 unspecified atom stereocenters. The van der Waals surface area contributed by atoms with Crippen LogP contribution in [0, 0.1) is 0 Å². The van der Waals surface area contributed by atoms with Crippen LogP contribution in [0.25, 0.3) is 23.2 Å². The third kappa shape index (κ3) is 3.48. The van der Waals surface area contributed by atoms with Crippen LogP contribution >= 0.6 is 11.8 Å². The molecule has 0 spiro atoms. The molecular formula is C22H18N2O2S2. The Kier molecular flexibility index (Phi) is 5.07. The van der Waals surface area contributed by atoms with Crippen LogP contribution < -0.4 is 0 Å². The number of rotatable bonds is 5. The van der Waals surface area contributed by atoms with Gasteiger partial charge in [-0.15, -0.1) is 11.8 Å². The second-order valence-electron chi connectivity index (χ2n) is 6.15. The van der Waals surface area contributed by atoms with Crippen molar-refractivity contribution < 1.29 is 8.42 Å². The summed E-state index contributed by atoms with van der Waals surface area (Å²) in [6.45, 7) is 0. The minimum absolute atomic E-state index is 0.233. The van der Waals surface area contributed by atoms with Gasteiger partial charge in [-0.05, 0) is 54.3 Å². The third-order valence-corrected chi connectivity index (χ3v) is 6.84. The van der Waals surface area contributed by atoms with E-state index in [1.165, 1.54) is 8.87 Å². The fourth-order valence-electron chi connectivity index (χ4n) is 2.96. The average Bonchev–Trinajstić information content (AvgIpc) is 3.12. The molecule has 0 fully saturated rings. The van der Waals surface area contributed by atoms with Crippen molar-refractivity contribution in [3.63, 3.8) is 0 Å². The van der Waals surface area contributed by atoms with Gasteiger partial charge in [-0.1, -0.05) is 48.5 Å². The van der Waals surface area contributed by atoms with Gasteiger partial charge in [-0.25, -0.2) is 17.4 Å². The summed E-state index contributed by atoms with van der Waals surface area (Å²) in [7, 11) is -3.77. The van der Waals surface area contributed by atoms with Crippen molar-refractivity contribution in [2.75, 3.05) is 6.26 Å². The minimum Gasteiger partial charge on any atom is -0.228 e. The molecule has 0 aliphatic rings. The highest BCUT2D eigenvalue weighted by Crippen LogP contribution is 2.24. The van der Waals surface area contributed by atoms with Crippen molar-refractivity contribution in [2.24, 2.45) is 0 Å². The molecule has 4 nitrogen and oxygen atoms in total. The Bertz CT molecular complexity index is 1240. The number of para-hydroxylation sites is 2. The molecule has 0 saturated heterocycles. The molecule has 0 amide bonds. The topological polar surface area (TPSA) is 52.0 Å². The molecular weight excluding hydrogens is 388 g/mol. The van der Waals surface area contributed by atoms with Crippen LogP contribution in [0.5, 0.6) is 0 Å². The lowest BCUT2D eigenvalue weighted by molar-refractivity contribution is 0.588. The van der Waals surface area contributed by atoms with E-state index in [0.29, 0.717) is 16.9 Å². The van der Waals surface area contributed by atoms with Crippen molar-refractivity contribution in [1.29, 1.82) is 0 Å². The second-order valence-corrected chi connectivity index (χ2v) is 8.81. The quantitative estimate of drug-likeness (QED) is 0.429. The molecule has 0 radical (unpaired) electrons. The van der Waals surface area contributed by atoms with E-state index < -0.39 is 10.0 Å². The first-order valence-electron chi connectivity index (χ1n) is 8.70. The maximum atomic E-state index is 13.3. The largest absolute Gasteiger partial charge is 0.269 e. The zero-order valence-corrected chi connectivity index (χ0v) is 16.8. The maximum Gasteiger partial charge on any atom is 0.269 e. The summed E-state index contributed by atoms with van der Waals surface area (Å²) in [5, 5.41) is 0. The van der Waals surface area contributed by atoms with Crippen LogP contribution in [0.4, 0.5) is 0 Å². The van der Waals surface area contributed by atoms with Crippen molar-refractivity contribution in [3.05, 3.63) is 90.3 Å². The first kappa shape index (κ1) is 18.5. The molecule has 0 aliphatic carbocycles. The van der Waals surface area contributed by atoms with Gasteiger partial charge in [0.25, 0.3) is 10.0 Å². The smallest absolute Gasteiger partial charge is 0.228 e.